The number of anilines is 1. The van der Waals surface area contributed by atoms with Crippen LogP contribution in [0, 0.1) is 5.92 Å². The SMILES string of the molecule is COc1ccc(N(C)CC2CC3CCCCC3N2)cc1. The van der Waals surface area contributed by atoms with Crippen LogP contribution >= 0.6 is 0 Å². The van der Waals surface area contributed by atoms with Gasteiger partial charge in [-0.1, -0.05) is 12.8 Å². The van der Waals surface area contributed by atoms with Gasteiger partial charge in [-0.05, 0) is 49.4 Å². The zero-order valence-corrected chi connectivity index (χ0v) is 12.6. The average Bonchev–Trinajstić information content (AvgIpc) is 2.89. The Morgan fingerprint density at radius 3 is 2.65 bits per heavy atom. The Morgan fingerprint density at radius 2 is 1.95 bits per heavy atom. The maximum atomic E-state index is 5.22. The fourth-order valence-electron chi connectivity index (χ4n) is 3.85. The summed E-state index contributed by atoms with van der Waals surface area (Å²) in [7, 11) is 3.90. The van der Waals surface area contributed by atoms with Crippen molar-refractivity contribution in [2.45, 2.75) is 44.2 Å². The molecule has 20 heavy (non-hydrogen) atoms. The summed E-state index contributed by atoms with van der Waals surface area (Å²) in [6, 6.07) is 9.79. The van der Waals surface area contributed by atoms with Crippen LogP contribution in [0.5, 0.6) is 5.75 Å². The summed E-state index contributed by atoms with van der Waals surface area (Å²) in [5.74, 6) is 1.85. The topological polar surface area (TPSA) is 24.5 Å². The van der Waals surface area contributed by atoms with Gasteiger partial charge in [-0.2, -0.15) is 0 Å². The first-order valence-corrected chi connectivity index (χ1v) is 7.87. The third kappa shape index (κ3) is 2.93. The molecule has 110 valence electrons. The summed E-state index contributed by atoms with van der Waals surface area (Å²) in [5.41, 5.74) is 1.27. The molecule has 1 aliphatic heterocycles. The molecule has 1 aromatic carbocycles. The van der Waals surface area contributed by atoms with Crippen molar-refractivity contribution in [2.75, 3.05) is 25.6 Å². The van der Waals surface area contributed by atoms with E-state index in [4.69, 9.17) is 4.74 Å². The molecule has 1 saturated carbocycles. The van der Waals surface area contributed by atoms with Gasteiger partial charge in [-0.3, -0.25) is 0 Å². The number of ether oxygens (including phenoxy) is 1. The van der Waals surface area contributed by atoms with Crippen LogP contribution in [0.1, 0.15) is 32.1 Å². The van der Waals surface area contributed by atoms with Crippen LogP contribution in [0.4, 0.5) is 5.69 Å². The molecule has 2 fully saturated rings. The van der Waals surface area contributed by atoms with Crippen molar-refractivity contribution in [3.8, 4) is 5.75 Å². The first-order chi connectivity index (χ1) is 9.76. The molecule has 1 N–H and O–H groups in total. The quantitative estimate of drug-likeness (QED) is 0.913. The number of likely N-dealkylation sites (N-methyl/N-ethyl adjacent to an activating group) is 1. The van der Waals surface area contributed by atoms with Gasteiger partial charge in [0.1, 0.15) is 5.75 Å². The summed E-state index contributed by atoms with van der Waals surface area (Å²) >= 11 is 0. The van der Waals surface area contributed by atoms with Crippen molar-refractivity contribution in [3.63, 3.8) is 0 Å². The predicted molar refractivity (Wildman–Crippen MR) is 83.6 cm³/mol. The number of nitrogens with zero attached hydrogens (tertiary/aromatic N) is 1. The minimum atomic E-state index is 0.648. The molecule has 3 rings (SSSR count). The molecule has 0 amide bonds. The monoisotopic (exact) mass is 274 g/mol. The number of hydrogen-bond acceptors (Lipinski definition) is 3. The number of benzene rings is 1. The second kappa shape index (κ2) is 6.04. The van der Waals surface area contributed by atoms with Crippen LogP contribution in [-0.4, -0.2) is 32.8 Å². The van der Waals surface area contributed by atoms with Gasteiger partial charge in [0.05, 0.1) is 7.11 Å². The highest BCUT2D eigenvalue weighted by Gasteiger charge is 2.35. The molecule has 3 unspecified atom stereocenters. The fraction of sp³-hybridized carbons (Fsp3) is 0.647. The lowest BCUT2D eigenvalue weighted by molar-refractivity contribution is 0.325. The van der Waals surface area contributed by atoms with E-state index in [1.54, 1.807) is 7.11 Å². The smallest absolute Gasteiger partial charge is 0.119 e. The lowest BCUT2D eigenvalue weighted by Crippen LogP contribution is -2.39. The van der Waals surface area contributed by atoms with E-state index >= 15 is 0 Å². The van der Waals surface area contributed by atoms with Gasteiger partial charge in [0.2, 0.25) is 0 Å². The first kappa shape index (κ1) is 13.7. The van der Waals surface area contributed by atoms with Crippen LogP contribution in [0.25, 0.3) is 0 Å². The normalized spacial score (nSPS) is 29.0. The van der Waals surface area contributed by atoms with Gasteiger partial charge in [0.25, 0.3) is 0 Å². The second-order valence-electron chi connectivity index (χ2n) is 6.33. The molecule has 1 saturated heterocycles. The van der Waals surface area contributed by atoms with Crippen LogP contribution < -0.4 is 15.0 Å². The lowest BCUT2D eigenvalue weighted by Gasteiger charge is -2.25. The number of nitrogens with one attached hydrogen (secondary N) is 1. The largest absolute Gasteiger partial charge is 0.497 e. The van der Waals surface area contributed by atoms with Crippen LogP contribution in [-0.2, 0) is 0 Å². The van der Waals surface area contributed by atoms with E-state index in [1.807, 2.05) is 12.1 Å². The lowest BCUT2D eigenvalue weighted by atomic mass is 9.85. The van der Waals surface area contributed by atoms with Crippen molar-refractivity contribution in [2.24, 2.45) is 5.92 Å². The number of fused-ring (bicyclic) bond motifs is 1. The molecule has 0 bridgehead atoms. The van der Waals surface area contributed by atoms with Gasteiger partial charge >= 0.3 is 0 Å². The molecule has 3 atom stereocenters. The summed E-state index contributed by atoms with van der Waals surface area (Å²) in [5, 5.41) is 3.85. The van der Waals surface area contributed by atoms with Gasteiger partial charge < -0.3 is 15.0 Å². The molecule has 0 spiro atoms. The van der Waals surface area contributed by atoms with Crippen LogP contribution in [0.2, 0.25) is 0 Å². The standard InChI is InChI=1S/C17H26N2O/c1-19(15-7-9-16(20-2)10-8-15)12-14-11-13-5-3-4-6-17(13)18-14/h7-10,13-14,17-18H,3-6,11-12H2,1-2H3. The Labute approximate surface area is 122 Å². The van der Waals surface area contributed by atoms with E-state index in [-0.39, 0.29) is 0 Å². The zero-order valence-electron chi connectivity index (χ0n) is 12.6. The van der Waals surface area contributed by atoms with E-state index < -0.39 is 0 Å². The molecule has 0 aromatic heterocycles. The molecule has 3 nitrogen and oxygen atoms in total. The van der Waals surface area contributed by atoms with E-state index in [9.17, 15) is 0 Å². The maximum absolute atomic E-state index is 5.22. The van der Waals surface area contributed by atoms with E-state index in [2.05, 4.69) is 29.4 Å². The molecule has 1 aromatic rings. The van der Waals surface area contributed by atoms with Crippen molar-refractivity contribution >= 4 is 5.69 Å². The summed E-state index contributed by atoms with van der Waals surface area (Å²) in [6.07, 6.45) is 7.01. The van der Waals surface area contributed by atoms with Gasteiger partial charge in [-0.25, -0.2) is 0 Å². The Morgan fingerprint density at radius 1 is 1.20 bits per heavy atom. The first-order valence-electron chi connectivity index (χ1n) is 7.87. The molecule has 0 radical (unpaired) electrons. The summed E-state index contributed by atoms with van der Waals surface area (Å²) in [6.45, 7) is 1.10. The van der Waals surface area contributed by atoms with Gasteiger partial charge in [0, 0.05) is 31.4 Å². The Kier molecular flexibility index (Phi) is 4.16. The minimum Gasteiger partial charge on any atom is -0.497 e. The highest BCUT2D eigenvalue weighted by Crippen LogP contribution is 2.33. The third-order valence-corrected chi connectivity index (χ3v) is 4.95. The third-order valence-electron chi connectivity index (χ3n) is 4.95. The molecule has 1 heterocycles. The van der Waals surface area contributed by atoms with Crippen molar-refractivity contribution in [1.29, 1.82) is 0 Å². The Balaban J connectivity index is 1.57. The van der Waals surface area contributed by atoms with Crippen LogP contribution in [0.3, 0.4) is 0 Å². The highest BCUT2D eigenvalue weighted by molar-refractivity contribution is 5.48. The summed E-state index contributed by atoms with van der Waals surface area (Å²) in [4.78, 5) is 2.36. The molecule has 1 aliphatic carbocycles. The molecular formula is C17H26N2O. The van der Waals surface area contributed by atoms with E-state index in [0.29, 0.717) is 6.04 Å². The highest BCUT2D eigenvalue weighted by atomic mass is 16.5. The number of methoxy groups -OCH3 is 1. The summed E-state index contributed by atoms with van der Waals surface area (Å²) < 4.78 is 5.22. The minimum absolute atomic E-state index is 0.648. The zero-order chi connectivity index (χ0) is 13.9. The Hall–Kier alpha value is -1.22. The molecule has 2 aliphatic rings. The number of hydrogen-bond donors (Lipinski definition) is 1. The fourth-order valence-corrected chi connectivity index (χ4v) is 3.85. The van der Waals surface area contributed by atoms with E-state index in [0.717, 1.165) is 24.3 Å². The predicted octanol–water partition coefficient (Wildman–Crippen LogP) is 3.05. The van der Waals surface area contributed by atoms with Crippen molar-refractivity contribution in [3.05, 3.63) is 24.3 Å². The van der Waals surface area contributed by atoms with Crippen molar-refractivity contribution < 1.29 is 4.74 Å². The average molecular weight is 274 g/mol. The van der Waals surface area contributed by atoms with Gasteiger partial charge in [0.15, 0.2) is 0 Å². The number of rotatable bonds is 4. The van der Waals surface area contributed by atoms with E-state index in [1.165, 1.54) is 37.8 Å². The van der Waals surface area contributed by atoms with Crippen molar-refractivity contribution in [1.82, 2.24) is 5.32 Å². The van der Waals surface area contributed by atoms with Gasteiger partial charge in [-0.15, -0.1) is 0 Å². The Bertz CT molecular complexity index is 417. The maximum Gasteiger partial charge on any atom is 0.119 e. The molecule has 3 heteroatoms. The van der Waals surface area contributed by atoms with Crippen LogP contribution in [0.15, 0.2) is 24.3 Å². The molecular weight excluding hydrogens is 248 g/mol. The second-order valence-corrected chi connectivity index (χ2v) is 6.33.